The Hall–Kier alpha value is -3.35. The lowest BCUT2D eigenvalue weighted by Gasteiger charge is -2.37. The summed E-state index contributed by atoms with van der Waals surface area (Å²) in [5, 5.41) is 19.9. The predicted molar refractivity (Wildman–Crippen MR) is 91.5 cm³/mol. The van der Waals surface area contributed by atoms with Gasteiger partial charge in [0.15, 0.2) is 0 Å². The summed E-state index contributed by atoms with van der Waals surface area (Å²) < 4.78 is 38.4. The summed E-state index contributed by atoms with van der Waals surface area (Å²) in [6, 6.07) is 7.92. The number of nitrogens with zero attached hydrogens (tertiary/aromatic N) is 5. The zero-order valence-corrected chi connectivity index (χ0v) is 14.0. The van der Waals surface area contributed by atoms with E-state index in [2.05, 4.69) is 4.98 Å². The van der Waals surface area contributed by atoms with Gasteiger partial charge in [-0.1, -0.05) is 0 Å². The van der Waals surface area contributed by atoms with Crippen molar-refractivity contribution in [3.8, 4) is 6.07 Å². The number of benzene rings is 1. The Balaban J connectivity index is 1.72. The number of halogens is 3. The molecule has 0 bridgehead atoms. The molecule has 1 saturated heterocycles. The van der Waals surface area contributed by atoms with E-state index < -0.39 is 16.7 Å². The van der Waals surface area contributed by atoms with E-state index in [1.165, 1.54) is 18.3 Å². The van der Waals surface area contributed by atoms with Crippen LogP contribution < -0.4 is 9.80 Å². The zero-order valence-electron chi connectivity index (χ0n) is 14.0. The molecule has 0 amide bonds. The van der Waals surface area contributed by atoms with Crippen LogP contribution in [0.2, 0.25) is 0 Å². The maximum Gasteiger partial charge on any atom is 0.416 e. The Kier molecular flexibility index (Phi) is 4.85. The maximum absolute atomic E-state index is 12.8. The molecule has 0 N–H and O–H groups in total. The minimum atomic E-state index is -4.50. The molecule has 0 atom stereocenters. The van der Waals surface area contributed by atoms with Crippen LogP contribution in [0.25, 0.3) is 0 Å². The smallest absolute Gasteiger partial charge is 0.367 e. The van der Waals surface area contributed by atoms with Crippen LogP contribution in [0, 0.1) is 21.4 Å². The summed E-state index contributed by atoms with van der Waals surface area (Å²) >= 11 is 0. The number of hydrogen-bond donors (Lipinski definition) is 0. The first-order valence-electron chi connectivity index (χ1n) is 8.01. The lowest BCUT2D eigenvalue weighted by molar-refractivity contribution is -0.385. The van der Waals surface area contributed by atoms with Gasteiger partial charge in [0, 0.05) is 32.2 Å². The maximum atomic E-state index is 12.8. The highest BCUT2D eigenvalue weighted by molar-refractivity contribution is 5.61. The number of aromatic nitrogens is 1. The number of nitro groups is 1. The summed E-state index contributed by atoms with van der Waals surface area (Å²) in [6.07, 6.45) is -3.31. The summed E-state index contributed by atoms with van der Waals surface area (Å²) in [6.45, 7) is 2.02. The number of nitriles is 1. The number of rotatable bonds is 3. The van der Waals surface area contributed by atoms with Crippen molar-refractivity contribution < 1.29 is 18.1 Å². The second-order valence-electron chi connectivity index (χ2n) is 5.95. The first kappa shape index (κ1) is 18.4. The molecule has 0 saturated carbocycles. The molecule has 2 aromatic rings. The fraction of sp³-hybridized carbons (Fsp3) is 0.294. The molecule has 1 aromatic carbocycles. The summed E-state index contributed by atoms with van der Waals surface area (Å²) in [4.78, 5) is 18.0. The number of pyridine rings is 1. The normalized spacial score (nSPS) is 14.7. The van der Waals surface area contributed by atoms with Gasteiger partial charge in [-0.15, -0.1) is 0 Å². The van der Waals surface area contributed by atoms with Crippen molar-refractivity contribution in [3.05, 3.63) is 57.8 Å². The largest absolute Gasteiger partial charge is 0.416 e. The van der Waals surface area contributed by atoms with Crippen molar-refractivity contribution in [1.82, 2.24) is 4.98 Å². The van der Waals surface area contributed by atoms with Crippen LogP contribution in [-0.2, 0) is 6.18 Å². The molecular weight excluding hydrogens is 363 g/mol. The van der Waals surface area contributed by atoms with Crippen molar-refractivity contribution in [3.63, 3.8) is 0 Å². The SMILES string of the molecule is N#Cc1cc(C(F)(F)F)ccc1N1CCN(c2ccc([N+](=O)[O-])cn2)CC1. The van der Waals surface area contributed by atoms with Gasteiger partial charge in [-0.25, -0.2) is 4.98 Å². The molecule has 2 heterocycles. The first-order chi connectivity index (χ1) is 12.8. The van der Waals surface area contributed by atoms with Gasteiger partial charge < -0.3 is 9.80 Å². The molecule has 7 nitrogen and oxygen atoms in total. The third-order valence-electron chi connectivity index (χ3n) is 4.33. The van der Waals surface area contributed by atoms with Crippen LogP contribution in [-0.4, -0.2) is 36.1 Å². The average Bonchev–Trinajstić information content (AvgIpc) is 2.67. The van der Waals surface area contributed by atoms with Crippen molar-refractivity contribution >= 4 is 17.2 Å². The van der Waals surface area contributed by atoms with Gasteiger partial charge in [-0.3, -0.25) is 10.1 Å². The monoisotopic (exact) mass is 377 g/mol. The number of hydrogen-bond acceptors (Lipinski definition) is 6. The van der Waals surface area contributed by atoms with Crippen LogP contribution in [0.1, 0.15) is 11.1 Å². The number of piperazine rings is 1. The molecule has 27 heavy (non-hydrogen) atoms. The van der Waals surface area contributed by atoms with E-state index >= 15 is 0 Å². The number of anilines is 2. The predicted octanol–water partition coefficient (Wildman–Crippen LogP) is 3.21. The van der Waals surface area contributed by atoms with Crippen LogP contribution >= 0.6 is 0 Å². The minimum Gasteiger partial charge on any atom is -0.367 e. The van der Waals surface area contributed by atoms with E-state index in [-0.39, 0.29) is 11.3 Å². The van der Waals surface area contributed by atoms with Crippen molar-refractivity contribution in [2.45, 2.75) is 6.18 Å². The van der Waals surface area contributed by atoms with E-state index in [1.54, 1.807) is 6.07 Å². The number of alkyl halides is 3. The molecule has 1 aromatic heterocycles. The van der Waals surface area contributed by atoms with Gasteiger partial charge >= 0.3 is 6.18 Å². The van der Waals surface area contributed by atoms with Gasteiger partial charge in [0.1, 0.15) is 18.1 Å². The Morgan fingerprint density at radius 3 is 2.30 bits per heavy atom. The van der Waals surface area contributed by atoms with Gasteiger partial charge in [-0.2, -0.15) is 18.4 Å². The molecule has 140 valence electrons. The standard InChI is InChI=1S/C17H14F3N5O2/c18-17(19,20)13-1-3-15(12(9-13)10-21)23-5-7-24(8-6-23)16-4-2-14(11-22-16)25(26)27/h1-4,9,11H,5-8H2. The van der Waals surface area contributed by atoms with Crippen LogP contribution in [0.4, 0.5) is 30.4 Å². The fourth-order valence-electron chi connectivity index (χ4n) is 2.93. The quantitative estimate of drug-likeness (QED) is 0.603. The van der Waals surface area contributed by atoms with Crippen molar-refractivity contribution in [2.75, 3.05) is 36.0 Å². The zero-order chi connectivity index (χ0) is 19.6. The van der Waals surface area contributed by atoms with E-state index in [9.17, 15) is 28.5 Å². The Bertz CT molecular complexity index is 885. The summed E-state index contributed by atoms with van der Waals surface area (Å²) in [7, 11) is 0. The van der Waals surface area contributed by atoms with Crippen LogP contribution in [0.3, 0.4) is 0 Å². The fourth-order valence-corrected chi connectivity index (χ4v) is 2.93. The second-order valence-corrected chi connectivity index (χ2v) is 5.95. The van der Waals surface area contributed by atoms with Crippen LogP contribution in [0.15, 0.2) is 36.5 Å². The highest BCUT2D eigenvalue weighted by Gasteiger charge is 2.31. The summed E-state index contributed by atoms with van der Waals surface area (Å²) in [5.74, 6) is 0.591. The highest BCUT2D eigenvalue weighted by atomic mass is 19.4. The lowest BCUT2D eigenvalue weighted by atomic mass is 10.1. The lowest BCUT2D eigenvalue weighted by Crippen LogP contribution is -2.47. The van der Waals surface area contributed by atoms with E-state index in [4.69, 9.17) is 0 Å². The van der Waals surface area contributed by atoms with Gasteiger partial charge in [0.05, 0.1) is 21.7 Å². The third kappa shape index (κ3) is 3.92. The van der Waals surface area contributed by atoms with Gasteiger partial charge in [0.2, 0.25) is 0 Å². The highest BCUT2D eigenvalue weighted by Crippen LogP contribution is 2.33. The van der Waals surface area contributed by atoms with Gasteiger partial charge in [0.25, 0.3) is 5.69 Å². The van der Waals surface area contributed by atoms with Crippen molar-refractivity contribution in [1.29, 1.82) is 5.26 Å². The molecule has 1 aliphatic heterocycles. The van der Waals surface area contributed by atoms with Crippen LogP contribution in [0.5, 0.6) is 0 Å². The molecule has 1 aliphatic rings. The molecule has 0 aliphatic carbocycles. The van der Waals surface area contributed by atoms with Gasteiger partial charge in [-0.05, 0) is 24.3 Å². The molecule has 3 rings (SSSR count). The topological polar surface area (TPSA) is 86.3 Å². The molecule has 0 unspecified atom stereocenters. The molecular formula is C17H14F3N5O2. The average molecular weight is 377 g/mol. The minimum absolute atomic E-state index is 0.0215. The molecule has 10 heteroatoms. The van der Waals surface area contributed by atoms with E-state index in [0.29, 0.717) is 37.7 Å². The molecule has 0 spiro atoms. The Labute approximate surface area is 152 Å². The molecule has 1 fully saturated rings. The third-order valence-corrected chi connectivity index (χ3v) is 4.33. The summed E-state index contributed by atoms with van der Waals surface area (Å²) in [5.41, 5.74) is -0.508. The Morgan fingerprint density at radius 1 is 1.11 bits per heavy atom. The van der Waals surface area contributed by atoms with Crippen molar-refractivity contribution in [2.24, 2.45) is 0 Å². The molecule has 0 radical (unpaired) electrons. The van der Waals surface area contributed by atoms with E-state index in [0.717, 1.165) is 12.1 Å². The Morgan fingerprint density at radius 2 is 1.78 bits per heavy atom. The first-order valence-corrected chi connectivity index (χ1v) is 8.01. The second kappa shape index (κ2) is 7.11. The van der Waals surface area contributed by atoms with E-state index in [1.807, 2.05) is 15.9 Å².